The molecule has 0 atom stereocenters. The zero-order valence-corrected chi connectivity index (χ0v) is 68.4. The van der Waals surface area contributed by atoms with Gasteiger partial charge in [-0.3, -0.25) is 0 Å². The molecular formula is C100H172. The molecule has 0 aromatic heterocycles. The zero-order chi connectivity index (χ0) is 71.1. The Labute approximate surface area is 626 Å². The highest BCUT2D eigenvalue weighted by molar-refractivity contribution is 4.96. The fourth-order valence-corrected chi connectivity index (χ4v) is 23.6. The molecule has 0 amide bonds. The Morgan fingerprint density at radius 2 is 0.390 bits per heavy atom. The van der Waals surface area contributed by atoms with Crippen molar-refractivity contribution in [2.24, 2.45) is 142 Å². The molecule has 572 valence electrons. The third-order valence-electron chi connectivity index (χ3n) is 31.1. The van der Waals surface area contributed by atoms with Crippen LogP contribution in [0.4, 0.5) is 0 Å². The third-order valence-corrected chi connectivity index (χ3v) is 31.1. The maximum Gasteiger partial charge on any atom is -0.0233 e. The number of hydrogen-bond acceptors (Lipinski definition) is 0. The maximum atomic E-state index is 3.93. The minimum Gasteiger partial charge on any atom is -0.103 e. The van der Waals surface area contributed by atoms with E-state index in [0.717, 1.165) is 142 Å². The summed E-state index contributed by atoms with van der Waals surface area (Å²) in [6.07, 6.45) is 104. The monoisotopic (exact) mass is 1370 g/mol. The van der Waals surface area contributed by atoms with Crippen LogP contribution in [0.2, 0.25) is 0 Å². The van der Waals surface area contributed by atoms with Gasteiger partial charge in [-0.15, -0.1) is 26.3 Å². The lowest BCUT2D eigenvalue weighted by atomic mass is 9.69. The molecule has 0 radical (unpaired) electrons. The summed E-state index contributed by atoms with van der Waals surface area (Å²) in [6.45, 7) is 34.0. The summed E-state index contributed by atoms with van der Waals surface area (Å²) in [5.41, 5.74) is 0. The van der Waals surface area contributed by atoms with E-state index in [4.69, 9.17) is 0 Å². The standard InChI is InChI=1S/C18H32.C18H30.C17H30.C16H28.C16H26.C15H26/c1-3-4-5-6-16-9-13-18(14-10-16)17-11-7-15(2)8-12-17;1-3-5-15-7-11-17(12-8-15)18-13-9-16(6-4-2)10-14-18;1-3-4-5-15-8-12-17(13-9-15)16-10-6-14(2)7-11-16;1-3-4-14-7-11-16(12-8-14)15-9-5-13(2)6-10-15;1-3-13-5-9-15(10-6-13)16-11-7-14(4-2)8-12-16;1-3-13-6-10-15(11-7-13)14-8-4-12(2)5-9-14/h3-4,15-18H,5-14H2,1-2H3;3-6,15-18H,7-14H2,1-2H3;3,14-17H,1,4-13H2,2H3;3-4,13-16H,5-12H2,1-2H3;3-4,13-16H,1-2,5-12H2;3,12-15H,1,4-11H2,2H3/b4-3+;5-3+,6-4+;;4-3+;;. The Hall–Kier alpha value is -2.08. The molecule has 0 aromatic rings. The molecule has 12 aliphatic rings. The van der Waals surface area contributed by atoms with Gasteiger partial charge in [-0.05, 0) is 427 Å². The number of hydrogen-bond donors (Lipinski definition) is 0. The van der Waals surface area contributed by atoms with E-state index in [1.165, 1.54) is 321 Å². The predicted octanol–water partition coefficient (Wildman–Crippen LogP) is 32.3. The van der Waals surface area contributed by atoms with E-state index in [1.807, 2.05) is 0 Å². The van der Waals surface area contributed by atoms with E-state index < -0.39 is 0 Å². The van der Waals surface area contributed by atoms with Crippen molar-refractivity contribution in [2.45, 2.75) is 389 Å². The third kappa shape index (κ3) is 31.4. The van der Waals surface area contributed by atoms with E-state index in [-0.39, 0.29) is 0 Å². The van der Waals surface area contributed by atoms with Crippen LogP contribution >= 0.6 is 0 Å². The highest BCUT2D eigenvalue weighted by atomic mass is 14.4. The molecule has 0 bridgehead atoms. The van der Waals surface area contributed by atoms with Gasteiger partial charge in [0, 0.05) is 0 Å². The number of rotatable bonds is 18. The zero-order valence-electron chi connectivity index (χ0n) is 68.4. The van der Waals surface area contributed by atoms with Gasteiger partial charge < -0.3 is 0 Å². The first-order chi connectivity index (χ1) is 48.8. The van der Waals surface area contributed by atoms with Gasteiger partial charge in [0.1, 0.15) is 0 Å². The fourth-order valence-electron chi connectivity index (χ4n) is 23.6. The van der Waals surface area contributed by atoms with Crippen LogP contribution in [0.5, 0.6) is 0 Å². The van der Waals surface area contributed by atoms with Crippen molar-refractivity contribution in [1.29, 1.82) is 0 Å². The van der Waals surface area contributed by atoms with E-state index in [0.29, 0.717) is 0 Å². The molecular weight excluding hydrogens is 1200 g/mol. The Balaban J connectivity index is 0.000000169. The second kappa shape index (κ2) is 49.7. The normalized spacial score (nSPS) is 39.8. The topological polar surface area (TPSA) is 0 Å². The molecule has 0 saturated heterocycles. The van der Waals surface area contributed by atoms with Crippen LogP contribution in [-0.4, -0.2) is 0 Å². The van der Waals surface area contributed by atoms with Gasteiger partial charge in [0.15, 0.2) is 0 Å². The van der Waals surface area contributed by atoms with Crippen LogP contribution in [0.25, 0.3) is 0 Å². The average Bonchev–Trinajstić information content (AvgIpc) is 0.924. The first-order valence-electron chi connectivity index (χ1n) is 45.8. The summed E-state index contributed by atoms with van der Waals surface area (Å²) in [4.78, 5) is 0. The molecule has 0 spiro atoms. The first-order valence-corrected chi connectivity index (χ1v) is 45.8. The molecule has 12 aliphatic carbocycles. The van der Waals surface area contributed by atoms with Crippen LogP contribution < -0.4 is 0 Å². The van der Waals surface area contributed by atoms with Crippen molar-refractivity contribution in [3.8, 4) is 0 Å². The summed E-state index contributed by atoms with van der Waals surface area (Å²) in [6, 6.07) is 0. The van der Waals surface area contributed by atoms with E-state index in [2.05, 4.69) is 155 Å². The second-order valence-corrected chi connectivity index (χ2v) is 38.0. The van der Waals surface area contributed by atoms with Crippen LogP contribution in [0.3, 0.4) is 0 Å². The largest absolute Gasteiger partial charge is 0.103 e. The minimum atomic E-state index is 0.820. The molecule has 0 heteroatoms. The molecule has 100 heavy (non-hydrogen) atoms. The summed E-state index contributed by atoms with van der Waals surface area (Å²) in [7, 11) is 0. The molecule has 0 unspecified atom stereocenters. The lowest BCUT2D eigenvalue weighted by Gasteiger charge is -2.37. The van der Waals surface area contributed by atoms with E-state index >= 15 is 0 Å². The van der Waals surface area contributed by atoms with Crippen LogP contribution in [0.1, 0.15) is 389 Å². The molecule has 12 rings (SSSR count). The van der Waals surface area contributed by atoms with Crippen molar-refractivity contribution in [3.63, 3.8) is 0 Å². The highest BCUT2D eigenvalue weighted by Gasteiger charge is 2.36. The van der Waals surface area contributed by atoms with Crippen molar-refractivity contribution < 1.29 is 0 Å². The van der Waals surface area contributed by atoms with Crippen molar-refractivity contribution in [2.75, 3.05) is 0 Å². The Kier molecular flexibility index (Phi) is 42.3. The Morgan fingerprint density at radius 1 is 0.210 bits per heavy atom. The molecule has 0 aliphatic heterocycles. The van der Waals surface area contributed by atoms with Crippen molar-refractivity contribution in [1.82, 2.24) is 0 Å². The van der Waals surface area contributed by atoms with Gasteiger partial charge in [0.05, 0.1) is 0 Å². The van der Waals surface area contributed by atoms with E-state index in [9.17, 15) is 0 Å². The SMILES string of the molecule is C/C=C/C1CCC(C2CCC(/C=C/C)CC2)CC1.C/C=C/C1CCC(C2CCC(C)CC2)CC1.C/C=C/CCC1CCC(C2CCC(C)CC2)CC1.C=CC1CCC(C2CCC(C)CC2)CC1.C=CC1CCC(C2CCC(C=C)CC2)CC1.C=CCCC1CCC(C2CCC(C)CC2)CC1. The van der Waals surface area contributed by atoms with Gasteiger partial charge in [0.2, 0.25) is 0 Å². The van der Waals surface area contributed by atoms with Gasteiger partial charge >= 0.3 is 0 Å². The lowest BCUT2D eigenvalue weighted by Crippen LogP contribution is -2.25. The lowest BCUT2D eigenvalue weighted by molar-refractivity contribution is 0.148. The molecule has 0 heterocycles. The molecule has 0 aromatic carbocycles. The highest BCUT2D eigenvalue weighted by Crippen LogP contribution is 2.48. The average molecular weight is 1370 g/mol. The minimum absolute atomic E-state index is 0.820. The predicted molar refractivity (Wildman–Crippen MR) is 447 cm³/mol. The van der Waals surface area contributed by atoms with Crippen LogP contribution in [-0.2, 0) is 0 Å². The van der Waals surface area contributed by atoms with Gasteiger partial charge in [-0.2, -0.15) is 0 Å². The van der Waals surface area contributed by atoms with Crippen molar-refractivity contribution in [3.05, 3.63) is 99.2 Å². The van der Waals surface area contributed by atoms with Crippen molar-refractivity contribution >= 4 is 0 Å². The summed E-state index contributed by atoms with van der Waals surface area (Å²) in [5, 5.41) is 0. The Bertz CT molecular complexity index is 2100. The smallest absolute Gasteiger partial charge is 0.0233 e. The summed E-state index contributed by atoms with van der Waals surface area (Å²) in [5.74, 6) is 24.1. The summed E-state index contributed by atoms with van der Waals surface area (Å²) >= 11 is 0. The van der Waals surface area contributed by atoms with E-state index in [1.54, 1.807) is 12.8 Å². The molecule has 0 nitrogen and oxygen atoms in total. The molecule has 0 N–H and O–H groups in total. The second-order valence-electron chi connectivity index (χ2n) is 38.0. The maximum absolute atomic E-state index is 3.93. The Morgan fingerprint density at radius 3 is 0.570 bits per heavy atom. The fraction of sp³-hybridized carbons (Fsp3) is 0.840. The number of allylic oxidation sites excluding steroid dienone is 12. The quantitative estimate of drug-likeness (QED) is 0.120. The van der Waals surface area contributed by atoms with Crippen LogP contribution in [0, 0.1) is 142 Å². The van der Waals surface area contributed by atoms with Gasteiger partial charge in [0.25, 0.3) is 0 Å². The molecule has 12 fully saturated rings. The molecule has 12 saturated carbocycles. The van der Waals surface area contributed by atoms with Crippen LogP contribution in [0.15, 0.2) is 99.2 Å². The van der Waals surface area contributed by atoms with Gasteiger partial charge in [-0.25, -0.2) is 0 Å². The first kappa shape index (κ1) is 85.2. The van der Waals surface area contributed by atoms with Gasteiger partial charge in [-0.1, -0.05) is 178 Å². The summed E-state index contributed by atoms with van der Waals surface area (Å²) < 4.78 is 0.